The van der Waals surface area contributed by atoms with Gasteiger partial charge in [-0.05, 0) is 0 Å². The summed E-state index contributed by atoms with van der Waals surface area (Å²) < 4.78 is 11.3. The highest BCUT2D eigenvalue weighted by molar-refractivity contribution is 7.47. The molecular formula is C7H17OP. The molecule has 0 aliphatic rings. The molecule has 0 radical (unpaired) electrons. The molecule has 0 fully saturated rings. The highest BCUT2D eigenvalue weighted by atomic mass is 31.1. The van der Waals surface area contributed by atoms with Gasteiger partial charge in [0.05, 0.1) is 7.80 Å². The number of rotatable bonds is 1. The van der Waals surface area contributed by atoms with Crippen molar-refractivity contribution in [1.29, 1.82) is 0 Å². The smallest absolute Gasteiger partial charge is 0.0836 e. The number of hydrogen-bond donors (Lipinski definition) is 0. The van der Waals surface area contributed by atoms with E-state index < -0.39 is 7.80 Å². The SMILES string of the molecule is CC(C)[PH](=O)C(C)(C)C. The first kappa shape index (κ1) is 9.23. The molecule has 0 saturated heterocycles. The lowest BCUT2D eigenvalue weighted by Crippen LogP contribution is -2.11. The van der Waals surface area contributed by atoms with Gasteiger partial charge in [0, 0.05) is 10.8 Å². The Morgan fingerprint density at radius 2 is 1.56 bits per heavy atom. The van der Waals surface area contributed by atoms with Crippen LogP contribution in [0.4, 0.5) is 0 Å². The fourth-order valence-electron chi connectivity index (χ4n) is 0.866. The van der Waals surface area contributed by atoms with E-state index in [-0.39, 0.29) is 5.16 Å². The predicted octanol–water partition coefficient (Wildman–Crippen LogP) is 2.75. The lowest BCUT2D eigenvalue weighted by molar-refractivity contribution is 0.558. The molecule has 1 atom stereocenters. The second-order valence-electron chi connectivity index (χ2n) is 3.77. The van der Waals surface area contributed by atoms with Crippen LogP contribution in [0.3, 0.4) is 0 Å². The zero-order chi connectivity index (χ0) is 7.65. The summed E-state index contributed by atoms with van der Waals surface area (Å²) in [5, 5.41) is 0.0266. The molecule has 0 aromatic rings. The van der Waals surface area contributed by atoms with Crippen molar-refractivity contribution in [2.45, 2.75) is 45.4 Å². The van der Waals surface area contributed by atoms with Crippen molar-refractivity contribution < 1.29 is 4.57 Å². The van der Waals surface area contributed by atoms with Crippen LogP contribution in [0.25, 0.3) is 0 Å². The first-order chi connectivity index (χ1) is 3.85. The van der Waals surface area contributed by atoms with Crippen LogP contribution in [0.2, 0.25) is 0 Å². The molecule has 1 nitrogen and oxygen atoms in total. The van der Waals surface area contributed by atoms with Crippen LogP contribution in [0.15, 0.2) is 0 Å². The second kappa shape index (κ2) is 2.88. The van der Waals surface area contributed by atoms with Gasteiger partial charge in [0.15, 0.2) is 0 Å². The average Bonchev–Trinajstić information content (AvgIpc) is 1.62. The molecule has 0 saturated carbocycles. The van der Waals surface area contributed by atoms with Gasteiger partial charge in [-0.15, -0.1) is 0 Å². The van der Waals surface area contributed by atoms with Gasteiger partial charge in [-0.2, -0.15) is 0 Å². The third-order valence-electron chi connectivity index (χ3n) is 1.26. The van der Waals surface area contributed by atoms with Crippen LogP contribution < -0.4 is 0 Å². The average molecular weight is 148 g/mol. The number of hydrogen-bond acceptors (Lipinski definition) is 1. The summed E-state index contributed by atoms with van der Waals surface area (Å²) in [4.78, 5) is 0. The third kappa shape index (κ3) is 3.05. The maximum absolute atomic E-state index is 11.3. The predicted molar refractivity (Wildman–Crippen MR) is 43.9 cm³/mol. The lowest BCUT2D eigenvalue weighted by atomic mass is 10.3. The third-order valence-corrected chi connectivity index (χ3v) is 3.79. The molecule has 0 heterocycles. The minimum absolute atomic E-state index is 0.0266. The second-order valence-corrected chi connectivity index (χ2v) is 7.15. The summed E-state index contributed by atoms with van der Waals surface area (Å²) in [7, 11) is -1.37. The fourth-order valence-corrected chi connectivity index (χ4v) is 2.60. The Balaban J connectivity index is 4.06. The molecule has 0 aliphatic carbocycles. The van der Waals surface area contributed by atoms with Crippen molar-refractivity contribution in [3.05, 3.63) is 0 Å². The molecule has 56 valence electrons. The van der Waals surface area contributed by atoms with Crippen molar-refractivity contribution in [2.75, 3.05) is 0 Å². The highest BCUT2D eigenvalue weighted by Gasteiger charge is 2.21. The normalized spacial score (nSPS) is 16.2. The van der Waals surface area contributed by atoms with E-state index in [1.807, 2.05) is 34.6 Å². The molecule has 0 aromatic heterocycles. The van der Waals surface area contributed by atoms with Gasteiger partial charge in [-0.25, -0.2) is 0 Å². The maximum Gasteiger partial charge on any atom is 0.0836 e. The molecule has 0 spiro atoms. The molecule has 0 amide bonds. The summed E-state index contributed by atoms with van der Waals surface area (Å²) >= 11 is 0. The quantitative estimate of drug-likeness (QED) is 0.522. The standard InChI is InChI=1S/C7H17OP/c1-6(2)9(8)7(3,4)5/h6,9H,1-5H3. The monoisotopic (exact) mass is 148 g/mol. The van der Waals surface area contributed by atoms with Gasteiger partial charge in [0.25, 0.3) is 0 Å². The van der Waals surface area contributed by atoms with E-state index in [0.717, 1.165) is 0 Å². The summed E-state index contributed by atoms with van der Waals surface area (Å²) in [5.41, 5.74) is 0.356. The Kier molecular flexibility index (Phi) is 2.95. The van der Waals surface area contributed by atoms with E-state index in [4.69, 9.17) is 0 Å². The zero-order valence-corrected chi connectivity index (χ0v) is 7.99. The maximum atomic E-state index is 11.3. The molecule has 0 rings (SSSR count). The Morgan fingerprint density at radius 3 is 1.56 bits per heavy atom. The van der Waals surface area contributed by atoms with Crippen LogP contribution in [-0.4, -0.2) is 10.8 Å². The van der Waals surface area contributed by atoms with Crippen molar-refractivity contribution in [3.63, 3.8) is 0 Å². The Hall–Kier alpha value is 0.230. The first-order valence-corrected chi connectivity index (χ1v) is 4.88. The Bertz CT molecular complexity index is 111. The fraction of sp³-hybridized carbons (Fsp3) is 1.00. The summed E-state index contributed by atoms with van der Waals surface area (Å²) in [6.07, 6.45) is 0. The van der Waals surface area contributed by atoms with Gasteiger partial charge in [-0.1, -0.05) is 34.6 Å². The molecule has 0 bridgehead atoms. The molecule has 2 heteroatoms. The minimum Gasteiger partial charge on any atom is -0.326 e. The van der Waals surface area contributed by atoms with Crippen LogP contribution in [0.5, 0.6) is 0 Å². The van der Waals surface area contributed by atoms with E-state index >= 15 is 0 Å². The first-order valence-electron chi connectivity index (χ1n) is 3.40. The lowest BCUT2D eigenvalue weighted by Gasteiger charge is -2.20. The molecule has 0 aromatic carbocycles. The molecule has 9 heavy (non-hydrogen) atoms. The molecule has 0 N–H and O–H groups in total. The molecule has 0 aliphatic heterocycles. The largest absolute Gasteiger partial charge is 0.326 e. The van der Waals surface area contributed by atoms with Gasteiger partial charge in [-0.3, -0.25) is 0 Å². The topological polar surface area (TPSA) is 17.1 Å². The van der Waals surface area contributed by atoms with Crippen LogP contribution in [0, 0.1) is 0 Å². The van der Waals surface area contributed by atoms with Gasteiger partial charge >= 0.3 is 0 Å². The van der Waals surface area contributed by atoms with Crippen molar-refractivity contribution >= 4 is 7.80 Å². The zero-order valence-electron chi connectivity index (χ0n) is 6.99. The summed E-state index contributed by atoms with van der Waals surface area (Å²) in [5.74, 6) is 0. The Labute approximate surface area is 58.6 Å². The van der Waals surface area contributed by atoms with Crippen LogP contribution in [0.1, 0.15) is 34.6 Å². The van der Waals surface area contributed by atoms with Gasteiger partial charge in [0.2, 0.25) is 0 Å². The van der Waals surface area contributed by atoms with Crippen LogP contribution >= 0.6 is 7.80 Å². The molecular weight excluding hydrogens is 131 g/mol. The van der Waals surface area contributed by atoms with Crippen molar-refractivity contribution in [3.8, 4) is 0 Å². The summed E-state index contributed by atoms with van der Waals surface area (Å²) in [6.45, 7) is 10.1. The summed E-state index contributed by atoms with van der Waals surface area (Å²) in [6, 6.07) is 0. The van der Waals surface area contributed by atoms with E-state index in [2.05, 4.69) is 0 Å². The van der Waals surface area contributed by atoms with Crippen molar-refractivity contribution in [1.82, 2.24) is 0 Å². The van der Waals surface area contributed by atoms with E-state index in [0.29, 0.717) is 5.66 Å². The van der Waals surface area contributed by atoms with E-state index in [1.165, 1.54) is 0 Å². The minimum atomic E-state index is -1.37. The highest BCUT2D eigenvalue weighted by Crippen LogP contribution is 2.41. The van der Waals surface area contributed by atoms with Crippen LogP contribution in [-0.2, 0) is 4.57 Å². The van der Waals surface area contributed by atoms with Crippen molar-refractivity contribution in [2.24, 2.45) is 0 Å². The van der Waals surface area contributed by atoms with E-state index in [1.54, 1.807) is 0 Å². The molecule has 1 unspecified atom stereocenters. The van der Waals surface area contributed by atoms with Gasteiger partial charge < -0.3 is 4.57 Å². The van der Waals surface area contributed by atoms with E-state index in [9.17, 15) is 4.57 Å². The van der Waals surface area contributed by atoms with Gasteiger partial charge in [0.1, 0.15) is 0 Å². The Morgan fingerprint density at radius 1 is 1.22 bits per heavy atom.